The third-order valence-corrected chi connectivity index (χ3v) is 1.39. The van der Waals surface area contributed by atoms with E-state index in [-0.39, 0.29) is 0 Å². The van der Waals surface area contributed by atoms with Crippen molar-refractivity contribution in [1.82, 2.24) is 0 Å². The van der Waals surface area contributed by atoms with Gasteiger partial charge in [-0.25, -0.2) is 0 Å². The minimum absolute atomic E-state index is 1.11. The Balaban J connectivity index is 2.56. The highest BCUT2D eigenvalue weighted by Gasteiger charge is 1.78. The highest BCUT2D eigenvalue weighted by atomic mass is 32.2. The van der Waals surface area contributed by atoms with Crippen molar-refractivity contribution >= 4 is 17.3 Å². The van der Waals surface area contributed by atoms with Gasteiger partial charge in [-0.2, -0.15) is 0 Å². The van der Waals surface area contributed by atoms with Crippen LogP contribution in [0.3, 0.4) is 0 Å². The summed E-state index contributed by atoms with van der Waals surface area (Å²) in [5.41, 5.74) is 1.40. The van der Waals surface area contributed by atoms with Gasteiger partial charge < -0.3 is 5.41 Å². The van der Waals surface area contributed by atoms with Crippen LogP contribution in [0.15, 0.2) is 0 Å². The fourth-order valence-corrected chi connectivity index (χ4v) is 0.860. The highest BCUT2D eigenvalue weighted by Crippen LogP contribution is 1.97. The van der Waals surface area contributed by atoms with Gasteiger partial charge in [0.2, 0.25) is 0 Å². The molecule has 42 valence electrons. The van der Waals surface area contributed by atoms with E-state index in [0.29, 0.717) is 0 Å². The average molecular weight is 117 g/mol. The number of nitrogens with one attached hydrogen (secondary N) is 1. The zero-order valence-corrected chi connectivity index (χ0v) is 5.42. The van der Waals surface area contributed by atoms with E-state index in [4.69, 9.17) is 5.41 Å². The van der Waals surface area contributed by atoms with E-state index in [2.05, 4.69) is 6.92 Å². The second-order valence-electron chi connectivity index (χ2n) is 1.34. The molecule has 0 rings (SSSR count). The third kappa shape index (κ3) is 6.02. The molecule has 0 radical (unpaired) electrons. The maximum absolute atomic E-state index is 6.62. The average Bonchev–Trinajstić information content (AvgIpc) is 1.69. The molecule has 0 fully saturated rings. The Kier molecular flexibility index (Phi) is 6.04. The Hall–Kier alpha value is 0.0200. The van der Waals surface area contributed by atoms with Gasteiger partial charge in [0.05, 0.1) is 5.55 Å². The molecule has 0 aromatic carbocycles. The zero-order valence-electron chi connectivity index (χ0n) is 4.61. The Bertz CT molecular complexity index is 45.3. The molecule has 7 heavy (non-hydrogen) atoms. The lowest BCUT2D eigenvalue weighted by molar-refractivity contribution is 0.898. The second kappa shape index (κ2) is 6.02. The van der Waals surface area contributed by atoms with Crippen molar-refractivity contribution in [1.29, 1.82) is 5.41 Å². The molecule has 0 bridgehead atoms. The van der Waals surface area contributed by atoms with Gasteiger partial charge in [0, 0.05) is 0 Å². The summed E-state index contributed by atoms with van der Waals surface area (Å²) in [6.45, 7) is 2.16. The monoisotopic (exact) mass is 117 g/mol. The predicted octanol–water partition coefficient (Wildman–Crippen LogP) is 2.13. The smallest absolute Gasteiger partial charge is 0.0506 e. The lowest BCUT2D eigenvalue weighted by atomic mass is 10.4. The van der Waals surface area contributed by atoms with Crippen LogP contribution in [0.1, 0.15) is 19.8 Å². The summed E-state index contributed by atoms with van der Waals surface area (Å²) in [6.07, 6.45) is 2.47. The van der Waals surface area contributed by atoms with Crippen molar-refractivity contribution in [2.75, 3.05) is 5.75 Å². The molecule has 1 N–H and O–H groups in total. The van der Waals surface area contributed by atoms with Crippen molar-refractivity contribution in [2.45, 2.75) is 19.8 Å². The predicted molar refractivity (Wildman–Crippen MR) is 36.1 cm³/mol. The molecule has 0 saturated heterocycles. The van der Waals surface area contributed by atoms with Crippen LogP contribution >= 0.6 is 11.8 Å². The van der Waals surface area contributed by atoms with Crippen LogP contribution in [0, 0.1) is 5.41 Å². The summed E-state index contributed by atoms with van der Waals surface area (Å²) in [5, 5.41) is 6.62. The van der Waals surface area contributed by atoms with Crippen molar-refractivity contribution in [3.05, 3.63) is 0 Å². The quantitative estimate of drug-likeness (QED) is 0.340. The van der Waals surface area contributed by atoms with E-state index >= 15 is 0 Å². The van der Waals surface area contributed by atoms with Gasteiger partial charge in [-0.1, -0.05) is 13.3 Å². The molecule has 0 saturated carbocycles. The van der Waals surface area contributed by atoms with Crippen LogP contribution in [0.5, 0.6) is 0 Å². The summed E-state index contributed by atoms with van der Waals surface area (Å²) in [7, 11) is 0. The van der Waals surface area contributed by atoms with Gasteiger partial charge in [0.15, 0.2) is 0 Å². The van der Waals surface area contributed by atoms with E-state index in [9.17, 15) is 0 Å². The van der Waals surface area contributed by atoms with Crippen LogP contribution < -0.4 is 0 Å². The Morgan fingerprint density at radius 2 is 2.43 bits per heavy atom. The molecule has 0 unspecified atom stereocenters. The van der Waals surface area contributed by atoms with Crippen molar-refractivity contribution < 1.29 is 0 Å². The first-order valence-corrected chi connectivity index (χ1v) is 3.57. The first kappa shape index (κ1) is 7.02. The molecule has 0 heterocycles. The molecule has 0 aromatic rings. The zero-order chi connectivity index (χ0) is 5.54. The van der Waals surface area contributed by atoms with Crippen LogP contribution in [0.2, 0.25) is 0 Å². The first-order valence-electron chi connectivity index (χ1n) is 2.52. The molecule has 2 heteroatoms. The fraction of sp³-hybridized carbons (Fsp3) is 0.800. The van der Waals surface area contributed by atoms with Gasteiger partial charge in [0.1, 0.15) is 0 Å². The van der Waals surface area contributed by atoms with Crippen molar-refractivity contribution in [3.63, 3.8) is 0 Å². The minimum atomic E-state index is 1.11. The maximum Gasteiger partial charge on any atom is 0.0506 e. The molecular weight excluding hydrogens is 106 g/mol. The van der Waals surface area contributed by atoms with Crippen LogP contribution in [-0.2, 0) is 0 Å². The molecular formula is C5H11NS. The summed E-state index contributed by atoms with van der Waals surface area (Å²) < 4.78 is 0. The molecule has 0 amide bonds. The Morgan fingerprint density at radius 1 is 1.71 bits per heavy atom. The Morgan fingerprint density at radius 3 is 2.86 bits per heavy atom. The van der Waals surface area contributed by atoms with Crippen LogP contribution in [0.4, 0.5) is 0 Å². The summed E-state index contributed by atoms with van der Waals surface area (Å²) in [4.78, 5) is 0. The molecule has 0 aliphatic heterocycles. The topological polar surface area (TPSA) is 23.9 Å². The van der Waals surface area contributed by atoms with Gasteiger partial charge in [-0.05, 0) is 12.2 Å². The fourth-order valence-electron chi connectivity index (χ4n) is 0.287. The van der Waals surface area contributed by atoms with E-state index in [1.165, 1.54) is 18.4 Å². The lowest BCUT2D eigenvalue weighted by Crippen LogP contribution is -1.73. The van der Waals surface area contributed by atoms with E-state index in [0.717, 1.165) is 5.75 Å². The summed E-state index contributed by atoms with van der Waals surface area (Å²) in [5.74, 6) is 1.11. The van der Waals surface area contributed by atoms with E-state index < -0.39 is 0 Å². The normalized spacial score (nSPS) is 8.71. The van der Waals surface area contributed by atoms with Crippen LogP contribution in [-0.4, -0.2) is 11.3 Å². The number of rotatable bonds is 4. The SMILES string of the molecule is CCCCSC=N. The summed E-state index contributed by atoms with van der Waals surface area (Å²) >= 11 is 1.57. The lowest BCUT2D eigenvalue weighted by Gasteiger charge is -1.87. The maximum atomic E-state index is 6.62. The number of thioether (sulfide) groups is 1. The van der Waals surface area contributed by atoms with E-state index in [1.54, 1.807) is 11.8 Å². The second-order valence-corrected chi connectivity index (χ2v) is 2.32. The van der Waals surface area contributed by atoms with Crippen molar-refractivity contribution in [3.8, 4) is 0 Å². The molecule has 1 nitrogen and oxygen atoms in total. The largest absolute Gasteiger partial charge is 0.302 e. The molecule has 0 aromatic heterocycles. The molecule has 0 aliphatic carbocycles. The number of unbranched alkanes of at least 4 members (excludes halogenated alkanes) is 1. The molecule has 0 atom stereocenters. The van der Waals surface area contributed by atoms with Crippen LogP contribution in [0.25, 0.3) is 0 Å². The number of hydrogen-bond acceptors (Lipinski definition) is 2. The summed E-state index contributed by atoms with van der Waals surface area (Å²) in [6, 6.07) is 0. The third-order valence-electron chi connectivity index (χ3n) is 0.699. The van der Waals surface area contributed by atoms with Gasteiger partial charge >= 0.3 is 0 Å². The van der Waals surface area contributed by atoms with Gasteiger partial charge in [-0.3, -0.25) is 0 Å². The van der Waals surface area contributed by atoms with Crippen molar-refractivity contribution in [2.24, 2.45) is 0 Å². The van der Waals surface area contributed by atoms with E-state index in [1.807, 2.05) is 0 Å². The number of hydrogen-bond donors (Lipinski definition) is 1. The molecule has 0 aliphatic rings. The highest BCUT2D eigenvalue weighted by molar-refractivity contribution is 8.11. The standard InChI is InChI=1S/C5H11NS/c1-2-3-4-7-5-6/h5-6H,2-4H2,1H3. The molecule has 0 spiro atoms. The first-order chi connectivity index (χ1) is 3.41. The van der Waals surface area contributed by atoms with Gasteiger partial charge in [-0.15, -0.1) is 11.8 Å². The van der Waals surface area contributed by atoms with Gasteiger partial charge in [0.25, 0.3) is 0 Å². The Labute approximate surface area is 49.0 Å². The minimum Gasteiger partial charge on any atom is -0.302 e.